The van der Waals surface area contributed by atoms with Crippen LogP contribution in [0.15, 0.2) is 12.2 Å². The molecular weight excluding hydrogens is 202 g/mol. The Morgan fingerprint density at radius 3 is 2.69 bits per heavy atom. The van der Waals surface area contributed by atoms with Crippen molar-refractivity contribution in [1.29, 1.82) is 0 Å². The second-order valence-corrected chi connectivity index (χ2v) is 5.62. The van der Waals surface area contributed by atoms with Gasteiger partial charge in [-0.3, -0.25) is 4.79 Å². The minimum Gasteiger partial charge on any atom is -0.392 e. The Kier molecular flexibility index (Phi) is 3.06. The molecular formula is C13H21NO2. The van der Waals surface area contributed by atoms with Crippen LogP contribution in [-0.2, 0) is 4.79 Å². The topological polar surface area (TPSA) is 49.3 Å². The maximum atomic E-state index is 12.0. The lowest BCUT2D eigenvalue weighted by atomic mass is 9.64. The van der Waals surface area contributed by atoms with E-state index in [1.54, 1.807) is 0 Å². The maximum absolute atomic E-state index is 12.0. The van der Waals surface area contributed by atoms with Gasteiger partial charge in [-0.15, -0.1) is 0 Å². The Morgan fingerprint density at radius 2 is 2.19 bits per heavy atom. The van der Waals surface area contributed by atoms with Crippen LogP contribution in [-0.4, -0.2) is 23.2 Å². The lowest BCUT2D eigenvalue weighted by Crippen LogP contribution is -2.61. The summed E-state index contributed by atoms with van der Waals surface area (Å²) in [5.41, 5.74) is -0.167. The van der Waals surface area contributed by atoms with Gasteiger partial charge in [0.15, 0.2) is 0 Å². The summed E-state index contributed by atoms with van der Waals surface area (Å²) in [7, 11) is 0. The SMILES string of the molecule is CC1(C)C(O)CC1NC(=O)C1CC=CCC1. The van der Waals surface area contributed by atoms with Crippen LogP contribution in [0.4, 0.5) is 0 Å². The van der Waals surface area contributed by atoms with Crippen LogP contribution in [0.3, 0.4) is 0 Å². The number of hydrogen-bond donors (Lipinski definition) is 2. The highest BCUT2D eigenvalue weighted by Crippen LogP contribution is 2.40. The first-order valence-electron chi connectivity index (χ1n) is 6.15. The van der Waals surface area contributed by atoms with Crippen molar-refractivity contribution in [3.05, 3.63) is 12.2 Å². The maximum Gasteiger partial charge on any atom is 0.223 e. The Balaban J connectivity index is 1.86. The molecule has 3 unspecified atom stereocenters. The second-order valence-electron chi connectivity index (χ2n) is 5.62. The van der Waals surface area contributed by atoms with Gasteiger partial charge in [0.05, 0.1) is 6.10 Å². The molecule has 0 aliphatic heterocycles. The number of aliphatic hydroxyl groups excluding tert-OH is 1. The number of allylic oxidation sites excluding steroid dienone is 2. The minimum atomic E-state index is -0.274. The van der Waals surface area contributed by atoms with E-state index in [0.29, 0.717) is 6.42 Å². The molecule has 2 rings (SSSR count). The molecule has 3 atom stereocenters. The van der Waals surface area contributed by atoms with E-state index in [1.807, 2.05) is 13.8 Å². The van der Waals surface area contributed by atoms with Crippen molar-refractivity contribution in [2.45, 2.75) is 51.7 Å². The first-order chi connectivity index (χ1) is 7.51. The largest absolute Gasteiger partial charge is 0.392 e. The van der Waals surface area contributed by atoms with E-state index in [4.69, 9.17) is 0 Å². The third kappa shape index (κ3) is 2.01. The van der Waals surface area contributed by atoms with Crippen molar-refractivity contribution in [1.82, 2.24) is 5.32 Å². The molecule has 16 heavy (non-hydrogen) atoms. The number of amides is 1. The first-order valence-corrected chi connectivity index (χ1v) is 6.15. The van der Waals surface area contributed by atoms with Crippen LogP contribution in [0.2, 0.25) is 0 Å². The summed E-state index contributed by atoms with van der Waals surface area (Å²) in [6.07, 6.45) is 7.48. The molecule has 0 aromatic rings. The molecule has 1 amide bonds. The zero-order valence-electron chi connectivity index (χ0n) is 10.1. The fourth-order valence-electron chi connectivity index (χ4n) is 2.47. The highest BCUT2D eigenvalue weighted by molar-refractivity contribution is 5.79. The van der Waals surface area contributed by atoms with Crippen molar-refractivity contribution in [2.24, 2.45) is 11.3 Å². The van der Waals surface area contributed by atoms with Gasteiger partial charge >= 0.3 is 0 Å². The molecule has 0 spiro atoms. The molecule has 90 valence electrons. The minimum absolute atomic E-state index is 0.138. The molecule has 2 aliphatic carbocycles. The summed E-state index contributed by atoms with van der Waals surface area (Å²) in [6, 6.07) is 0.140. The smallest absolute Gasteiger partial charge is 0.223 e. The molecule has 2 N–H and O–H groups in total. The molecule has 1 fully saturated rings. The van der Waals surface area contributed by atoms with Crippen molar-refractivity contribution in [3.63, 3.8) is 0 Å². The summed E-state index contributed by atoms with van der Waals surface area (Å²) in [5, 5.41) is 12.7. The second kappa shape index (κ2) is 4.21. The summed E-state index contributed by atoms with van der Waals surface area (Å²) >= 11 is 0. The molecule has 0 radical (unpaired) electrons. The third-order valence-electron chi connectivity index (χ3n) is 4.17. The van der Waals surface area contributed by atoms with E-state index >= 15 is 0 Å². The lowest BCUT2D eigenvalue weighted by molar-refractivity contribution is -0.133. The van der Waals surface area contributed by atoms with Gasteiger partial charge in [-0.25, -0.2) is 0 Å². The molecule has 1 saturated carbocycles. The zero-order valence-corrected chi connectivity index (χ0v) is 10.1. The van der Waals surface area contributed by atoms with E-state index in [2.05, 4.69) is 17.5 Å². The van der Waals surface area contributed by atoms with Gasteiger partial charge in [-0.05, 0) is 25.7 Å². The Morgan fingerprint density at radius 1 is 1.44 bits per heavy atom. The number of rotatable bonds is 2. The predicted octanol–water partition coefficient (Wildman–Crippen LogP) is 1.62. The highest BCUT2D eigenvalue weighted by atomic mass is 16.3. The molecule has 0 heterocycles. The third-order valence-corrected chi connectivity index (χ3v) is 4.17. The van der Waals surface area contributed by atoms with E-state index in [1.165, 1.54) is 0 Å². The van der Waals surface area contributed by atoms with E-state index in [-0.39, 0.29) is 29.4 Å². The van der Waals surface area contributed by atoms with Gasteiger partial charge in [0.25, 0.3) is 0 Å². The Hall–Kier alpha value is -0.830. The summed E-state index contributed by atoms with van der Waals surface area (Å²) < 4.78 is 0. The van der Waals surface area contributed by atoms with Gasteiger partial charge in [-0.1, -0.05) is 26.0 Å². The first kappa shape index (κ1) is 11.6. The van der Waals surface area contributed by atoms with Crippen LogP contribution >= 0.6 is 0 Å². The Bertz CT molecular complexity index is 309. The quantitative estimate of drug-likeness (QED) is 0.699. The molecule has 0 aromatic carbocycles. The number of carbonyl (C=O) groups is 1. The van der Waals surface area contributed by atoms with E-state index in [0.717, 1.165) is 19.3 Å². The van der Waals surface area contributed by atoms with Gasteiger partial charge in [0, 0.05) is 17.4 Å². The average molecular weight is 223 g/mol. The summed E-state index contributed by atoms with van der Waals surface area (Å²) in [5.74, 6) is 0.299. The molecule has 0 bridgehead atoms. The standard InChI is InChI=1S/C13H21NO2/c1-13(2)10(8-11(13)15)14-12(16)9-6-4-3-5-7-9/h3-4,9-11,15H,5-8H2,1-2H3,(H,14,16). The zero-order chi connectivity index (χ0) is 11.8. The van der Waals surface area contributed by atoms with E-state index < -0.39 is 0 Å². The highest BCUT2D eigenvalue weighted by Gasteiger charge is 2.48. The lowest BCUT2D eigenvalue weighted by Gasteiger charge is -2.49. The van der Waals surface area contributed by atoms with Crippen LogP contribution < -0.4 is 5.32 Å². The molecule has 3 heteroatoms. The van der Waals surface area contributed by atoms with Gasteiger partial charge in [-0.2, -0.15) is 0 Å². The summed E-state index contributed by atoms with van der Waals surface area (Å²) in [6.45, 7) is 4.01. The van der Waals surface area contributed by atoms with Crippen LogP contribution in [0.5, 0.6) is 0 Å². The van der Waals surface area contributed by atoms with Crippen molar-refractivity contribution < 1.29 is 9.90 Å². The van der Waals surface area contributed by atoms with Crippen LogP contribution in [0, 0.1) is 11.3 Å². The van der Waals surface area contributed by atoms with Crippen molar-refractivity contribution >= 4 is 5.91 Å². The molecule has 3 nitrogen and oxygen atoms in total. The number of hydrogen-bond acceptors (Lipinski definition) is 2. The molecule has 2 aliphatic rings. The number of nitrogens with one attached hydrogen (secondary N) is 1. The summed E-state index contributed by atoms with van der Waals surface area (Å²) in [4.78, 5) is 12.0. The van der Waals surface area contributed by atoms with Crippen LogP contribution in [0.25, 0.3) is 0 Å². The molecule has 0 saturated heterocycles. The average Bonchev–Trinajstić information content (AvgIpc) is 2.29. The molecule has 0 aromatic heterocycles. The normalized spacial score (nSPS) is 36.6. The fraction of sp³-hybridized carbons (Fsp3) is 0.769. The number of aliphatic hydroxyl groups is 1. The van der Waals surface area contributed by atoms with Gasteiger partial charge in [0.2, 0.25) is 5.91 Å². The fourth-order valence-corrected chi connectivity index (χ4v) is 2.47. The monoisotopic (exact) mass is 223 g/mol. The van der Waals surface area contributed by atoms with Gasteiger partial charge in [0.1, 0.15) is 0 Å². The van der Waals surface area contributed by atoms with Crippen LogP contribution in [0.1, 0.15) is 39.5 Å². The van der Waals surface area contributed by atoms with E-state index in [9.17, 15) is 9.90 Å². The van der Waals surface area contributed by atoms with Crippen molar-refractivity contribution in [3.8, 4) is 0 Å². The van der Waals surface area contributed by atoms with Gasteiger partial charge < -0.3 is 10.4 Å². The Labute approximate surface area is 96.9 Å². The number of carbonyl (C=O) groups excluding carboxylic acids is 1. The predicted molar refractivity (Wildman–Crippen MR) is 62.8 cm³/mol. The van der Waals surface area contributed by atoms with Crippen molar-refractivity contribution in [2.75, 3.05) is 0 Å².